The molecular weight excluding hydrogens is 374 g/mol. The number of carbonyl (C=O) groups excluding carboxylic acids is 4. The summed E-state index contributed by atoms with van der Waals surface area (Å²) in [5, 5.41) is 5.18. The summed E-state index contributed by atoms with van der Waals surface area (Å²) in [4.78, 5) is 49.2. The zero-order chi connectivity index (χ0) is 20.0. The Bertz CT molecular complexity index is 782. The van der Waals surface area contributed by atoms with Crippen LogP contribution < -0.4 is 10.6 Å². The van der Waals surface area contributed by atoms with E-state index < -0.39 is 23.9 Å². The monoisotopic (exact) mass is 393 g/mol. The van der Waals surface area contributed by atoms with Crippen LogP contribution in [0.4, 0.5) is 0 Å². The third-order valence-corrected chi connectivity index (χ3v) is 4.28. The maximum atomic E-state index is 12.5. The molecule has 9 nitrogen and oxygen atoms in total. The zero-order valence-corrected chi connectivity index (χ0v) is 15.6. The van der Waals surface area contributed by atoms with Crippen molar-refractivity contribution in [3.63, 3.8) is 0 Å². The number of nitrogens with zero attached hydrogens (tertiary/aromatic N) is 1. The summed E-state index contributed by atoms with van der Waals surface area (Å²) in [6.07, 6.45) is -0.198. The first-order valence-electron chi connectivity index (χ1n) is 8.02. The van der Waals surface area contributed by atoms with Gasteiger partial charge >= 0.3 is 11.9 Å². The summed E-state index contributed by atoms with van der Waals surface area (Å²) in [5.41, 5.74) is 0.420. The molecule has 27 heavy (non-hydrogen) atoms. The van der Waals surface area contributed by atoms with Crippen molar-refractivity contribution in [2.24, 2.45) is 0 Å². The molecule has 1 atom stereocenters. The molecule has 1 unspecified atom stereocenters. The molecule has 0 aromatic heterocycles. The molecule has 1 aliphatic heterocycles. The van der Waals surface area contributed by atoms with Gasteiger partial charge in [-0.15, -0.1) is 0 Å². The van der Waals surface area contributed by atoms with Gasteiger partial charge in [-0.3, -0.25) is 19.7 Å². The molecule has 0 aliphatic carbocycles. The highest BCUT2D eigenvalue weighted by atomic mass is 32.1. The van der Waals surface area contributed by atoms with Gasteiger partial charge in [0.2, 0.25) is 5.91 Å². The first-order chi connectivity index (χ1) is 12.9. The van der Waals surface area contributed by atoms with E-state index in [0.29, 0.717) is 13.1 Å². The lowest BCUT2D eigenvalue weighted by Gasteiger charge is -2.36. The quantitative estimate of drug-likeness (QED) is 0.536. The van der Waals surface area contributed by atoms with Crippen LogP contribution in [-0.4, -0.2) is 67.1 Å². The highest BCUT2D eigenvalue weighted by molar-refractivity contribution is 7.80. The lowest BCUT2D eigenvalue weighted by atomic mass is 10.1. The Hall–Kier alpha value is -3.01. The van der Waals surface area contributed by atoms with E-state index in [1.54, 1.807) is 6.07 Å². The fraction of sp³-hybridized carbons (Fsp3) is 0.353. The van der Waals surface area contributed by atoms with Gasteiger partial charge in [0.25, 0.3) is 5.91 Å². The second-order valence-corrected chi connectivity index (χ2v) is 6.00. The molecule has 0 spiro atoms. The molecule has 2 N–H and O–H groups in total. The van der Waals surface area contributed by atoms with Gasteiger partial charge in [-0.05, 0) is 30.4 Å². The normalized spacial score (nSPS) is 16.1. The highest BCUT2D eigenvalue weighted by Gasteiger charge is 2.34. The summed E-state index contributed by atoms with van der Waals surface area (Å²) < 4.78 is 9.23. The van der Waals surface area contributed by atoms with Crippen molar-refractivity contribution in [2.45, 2.75) is 12.5 Å². The summed E-state index contributed by atoms with van der Waals surface area (Å²) in [5.74, 6) is -2.07. The van der Waals surface area contributed by atoms with Gasteiger partial charge in [0.15, 0.2) is 5.11 Å². The van der Waals surface area contributed by atoms with Crippen LogP contribution in [0, 0.1) is 0 Å². The molecule has 0 bridgehead atoms. The number of benzene rings is 1. The molecule has 10 heteroatoms. The topological polar surface area (TPSA) is 114 Å². The first kappa shape index (κ1) is 20.3. The van der Waals surface area contributed by atoms with Crippen LogP contribution in [0.3, 0.4) is 0 Å². The van der Waals surface area contributed by atoms with E-state index in [-0.39, 0.29) is 28.6 Å². The van der Waals surface area contributed by atoms with Crippen molar-refractivity contribution in [1.29, 1.82) is 0 Å². The Labute approximate surface area is 161 Å². The average molecular weight is 393 g/mol. The Morgan fingerprint density at radius 2 is 1.96 bits per heavy atom. The standard InChI is InChI=1S/C17H19N3O6S/c1-25-13(21)9-12-15(23)18-6-7-20(12)17(27)19-14(22)10-4-3-5-11(8-10)16(24)26-2/h3-5,8,12H,6-7,9H2,1-2H3,(H,18,23)(H,19,22,27). The number of carbonyl (C=O) groups is 4. The third kappa shape index (κ3) is 5.00. The average Bonchev–Trinajstić information content (AvgIpc) is 2.68. The van der Waals surface area contributed by atoms with Crippen LogP contribution in [0.5, 0.6) is 0 Å². The Morgan fingerprint density at radius 3 is 2.63 bits per heavy atom. The molecule has 1 saturated heterocycles. The smallest absolute Gasteiger partial charge is 0.337 e. The number of piperazine rings is 1. The van der Waals surface area contributed by atoms with Gasteiger partial charge in [-0.1, -0.05) is 6.07 Å². The summed E-state index contributed by atoms with van der Waals surface area (Å²) in [7, 11) is 2.47. The molecule has 144 valence electrons. The maximum Gasteiger partial charge on any atom is 0.337 e. The van der Waals surface area contributed by atoms with Crippen LogP contribution in [0.25, 0.3) is 0 Å². The van der Waals surface area contributed by atoms with E-state index in [1.807, 2.05) is 0 Å². The van der Waals surface area contributed by atoms with Crippen molar-refractivity contribution in [3.05, 3.63) is 35.4 Å². The molecule has 1 fully saturated rings. The van der Waals surface area contributed by atoms with E-state index in [4.69, 9.17) is 12.2 Å². The summed E-state index contributed by atoms with van der Waals surface area (Å²) in [6.45, 7) is 0.652. The second kappa shape index (κ2) is 9.08. The minimum absolute atomic E-state index is 0.00669. The van der Waals surface area contributed by atoms with Crippen molar-refractivity contribution in [3.8, 4) is 0 Å². The number of rotatable bonds is 4. The van der Waals surface area contributed by atoms with E-state index in [0.717, 1.165) is 0 Å². The number of amides is 2. The third-order valence-electron chi connectivity index (χ3n) is 3.95. The second-order valence-electron chi connectivity index (χ2n) is 5.61. The van der Waals surface area contributed by atoms with Crippen LogP contribution in [0.1, 0.15) is 27.1 Å². The van der Waals surface area contributed by atoms with Gasteiger partial charge in [-0.2, -0.15) is 0 Å². The minimum atomic E-state index is -0.875. The van der Waals surface area contributed by atoms with E-state index in [9.17, 15) is 19.2 Å². The lowest BCUT2D eigenvalue weighted by molar-refractivity contribution is -0.144. The zero-order valence-electron chi connectivity index (χ0n) is 14.8. The van der Waals surface area contributed by atoms with Gasteiger partial charge in [0.05, 0.1) is 26.2 Å². The number of hydrogen-bond acceptors (Lipinski definition) is 7. The Balaban J connectivity index is 2.12. The fourth-order valence-electron chi connectivity index (χ4n) is 2.55. The molecule has 1 heterocycles. The predicted molar refractivity (Wildman–Crippen MR) is 98.0 cm³/mol. The lowest BCUT2D eigenvalue weighted by Crippen LogP contribution is -2.60. The van der Waals surface area contributed by atoms with Crippen molar-refractivity contribution >= 4 is 41.1 Å². The predicted octanol–water partition coefficient (Wildman–Crippen LogP) is -0.149. The van der Waals surface area contributed by atoms with Gasteiger partial charge in [-0.25, -0.2) is 4.79 Å². The summed E-state index contributed by atoms with van der Waals surface area (Å²) >= 11 is 5.25. The van der Waals surface area contributed by atoms with Gasteiger partial charge in [0, 0.05) is 18.7 Å². The number of thiocarbonyl (C=S) groups is 1. The first-order valence-corrected chi connectivity index (χ1v) is 8.43. The van der Waals surface area contributed by atoms with Gasteiger partial charge < -0.3 is 19.7 Å². The Morgan fingerprint density at radius 1 is 1.26 bits per heavy atom. The van der Waals surface area contributed by atoms with Crippen LogP contribution in [0.2, 0.25) is 0 Å². The van der Waals surface area contributed by atoms with Crippen molar-refractivity contribution in [2.75, 3.05) is 27.3 Å². The van der Waals surface area contributed by atoms with Crippen molar-refractivity contribution in [1.82, 2.24) is 15.5 Å². The number of methoxy groups -OCH3 is 2. The fourth-order valence-corrected chi connectivity index (χ4v) is 2.86. The molecule has 2 amide bonds. The molecule has 1 aromatic carbocycles. The van der Waals surface area contributed by atoms with E-state index in [2.05, 4.69) is 20.1 Å². The molecular formula is C17H19N3O6S. The molecule has 1 aromatic rings. The number of esters is 2. The van der Waals surface area contributed by atoms with Crippen LogP contribution >= 0.6 is 12.2 Å². The summed E-state index contributed by atoms with van der Waals surface area (Å²) in [6, 6.07) is 5.07. The number of nitrogens with one attached hydrogen (secondary N) is 2. The van der Waals surface area contributed by atoms with E-state index in [1.165, 1.54) is 37.3 Å². The van der Waals surface area contributed by atoms with Crippen LogP contribution in [-0.2, 0) is 19.1 Å². The van der Waals surface area contributed by atoms with Crippen LogP contribution in [0.15, 0.2) is 24.3 Å². The number of ether oxygens (including phenoxy) is 2. The SMILES string of the molecule is COC(=O)CC1C(=O)NCCN1C(=S)NC(=O)c1cccc(C(=O)OC)c1. The number of hydrogen-bond donors (Lipinski definition) is 2. The Kier molecular flexibility index (Phi) is 6.83. The van der Waals surface area contributed by atoms with E-state index >= 15 is 0 Å². The maximum absolute atomic E-state index is 12.5. The molecule has 1 aliphatic rings. The molecule has 2 rings (SSSR count). The highest BCUT2D eigenvalue weighted by Crippen LogP contribution is 2.12. The largest absolute Gasteiger partial charge is 0.469 e. The molecule has 0 radical (unpaired) electrons. The van der Waals surface area contributed by atoms with Crippen molar-refractivity contribution < 1.29 is 28.7 Å². The minimum Gasteiger partial charge on any atom is -0.469 e. The van der Waals surface area contributed by atoms with Gasteiger partial charge in [0.1, 0.15) is 6.04 Å². The molecule has 0 saturated carbocycles.